The number of nitrogens with zero attached hydrogens (tertiary/aromatic N) is 1. The molecule has 6 nitrogen and oxygen atoms in total. The van der Waals surface area contributed by atoms with Gasteiger partial charge in [0.2, 0.25) is 5.56 Å². The van der Waals surface area contributed by atoms with Crippen molar-refractivity contribution in [2.24, 2.45) is 0 Å². The highest BCUT2D eigenvalue weighted by Gasteiger charge is 2.05. The summed E-state index contributed by atoms with van der Waals surface area (Å²) in [5.74, 6) is 0. The number of amides is 2. The third-order valence-corrected chi connectivity index (χ3v) is 2.95. The van der Waals surface area contributed by atoms with Gasteiger partial charge in [0.05, 0.1) is 0 Å². The predicted octanol–water partition coefficient (Wildman–Crippen LogP) is 0.699. The summed E-state index contributed by atoms with van der Waals surface area (Å²) in [5.41, 5.74) is -0.00368. The standard InChI is InChI=1S/C14H23N3O3/c1-12(7-11-18)16-14(20)15-8-3-5-10-17-9-4-2-6-13(17)19/h2,4,6,9,12,18H,3,5,7-8,10-11H2,1H3,(H2,15,16,20)/t12-/m1/s1. The van der Waals surface area contributed by atoms with Crippen LogP contribution in [0, 0.1) is 0 Å². The summed E-state index contributed by atoms with van der Waals surface area (Å²) in [6.07, 6.45) is 3.95. The monoisotopic (exact) mass is 281 g/mol. The Morgan fingerprint density at radius 2 is 2.20 bits per heavy atom. The molecule has 0 bridgehead atoms. The number of aromatic nitrogens is 1. The van der Waals surface area contributed by atoms with Gasteiger partial charge in [-0.1, -0.05) is 6.07 Å². The Labute approximate surface area is 118 Å². The van der Waals surface area contributed by atoms with E-state index in [4.69, 9.17) is 5.11 Å². The summed E-state index contributed by atoms with van der Waals surface area (Å²) in [4.78, 5) is 22.9. The Morgan fingerprint density at radius 3 is 2.90 bits per heavy atom. The molecule has 20 heavy (non-hydrogen) atoms. The molecule has 1 heterocycles. The quantitative estimate of drug-likeness (QED) is 0.613. The second kappa shape index (κ2) is 9.14. The predicted molar refractivity (Wildman–Crippen MR) is 77.6 cm³/mol. The first-order chi connectivity index (χ1) is 9.63. The van der Waals surface area contributed by atoms with E-state index in [0.29, 0.717) is 19.5 Å². The molecule has 0 fully saturated rings. The minimum Gasteiger partial charge on any atom is -0.396 e. The summed E-state index contributed by atoms with van der Waals surface area (Å²) >= 11 is 0. The highest BCUT2D eigenvalue weighted by molar-refractivity contribution is 5.74. The van der Waals surface area contributed by atoms with Crippen LogP contribution in [0.25, 0.3) is 0 Å². The van der Waals surface area contributed by atoms with Gasteiger partial charge in [-0.25, -0.2) is 4.79 Å². The zero-order valence-electron chi connectivity index (χ0n) is 11.8. The van der Waals surface area contributed by atoms with Gasteiger partial charge in [-0.2, -0.15) is 0 Å². The van der Waals surface area contributed by atoms with Gasteiger partial charge in [0.25, 0.3) is 0 Å². The summed E-state index contributed by atoms with van der Waals surface area (Å²) in [7, 11) is 0. The smallest absolute Gasteiger partial charge is 0.314 e. The Kier molecular flexibility index (Phi) is 7.42. The van der Waals surface area contributed by atoms with Crippen LogP contribution in [0.15, 0.2) is 29.2 Å². The number of carbonyl (C=O) groups excluding carboxylic acids is 1. The lowest BCUT2D eigenvalue weighted by atomic mass is 10.2. The Bertz CT molecular complexity index is 459. The fraction of sp³-hybridized carbons (Fsp3) is 0.571. The fourth-order valence-electron chi connectivity index (χ4n) is 1.80. The first kappa shape index (κ1) is 16.2. The highest BCUT2D eigenvalue weighted by Crippen LogP contribution is 1.92. The summed E-state index contributed by atoms with van der Waals surface area (Å²) in [6, 6.07) is 4.83. The van der Waals surface area contributed by atoms with E-state index < -0.39 is 0 Å². The Hall–Kier alpha value is -1.82. The van der Waals surface area contributed by atoms with E-state index in [1.165, 1.54) is 6.07 Å². The van der Waals surface area contributed by atoms with Gasteiger partial charge in [0.1, 0.15) is 0 Å². The summed E-state index contributed by atoms with van der Waals surface area (Å²) < 4.78 is 1.66. The van der Waals surface area contributed by atoms with E-state index >= 15 is 0 Å². The van der Waals surface area contributed by atoms with E-state index in [1.807, 2.05) is 13.0 Å². The molecular weight excluding hydrogens is 258 g/mol. The molecule has 0 radical (unpaired) electrons. The molecule has 2 amide bonds. The maximum absolute atomic E-state index is 11.5. The molecule has 0 aliphatic carbocycles. The molecule has 1 aromatic rings. The molecule has 1 atom stereocenters. The molecule has 0 aromatic carbocycles. The number of pyridine rings is 1. The minimum absolute atomic E-state index is 0.00368. The fourth-order valence-corrected chi connectivity index (χ4v) is 1.80. The Balaban J connectivity index is 2.12. The van der Waals surface area contributed by atoms with Gasteiger partial charge in [0.15, 0.2) is 0 Å². The van der Waals surface area contributed by atoms with Gasteiger partial charge in [0, 0.05) is 38.0 Å². The average Bonchev–Trinajstić information content (AvgIpc) is 2.40. The van der Waals surface area contributed by atoms with Gasteiger partial charge in [-0.15, -0.1) is 0 Å². The van der Waals surface area contributed by atoms with Crippen LogP contribution in [0.5, 0.6) is 0 Å². The van der Waals surface area contributed by atoms with Crippen LogP contribution in [0.1, 0.15) is 26.2 Å². The van der Waals surface area contributed by atoms with Crippen molar-refractivity contribution in [3.8, 4) is 0 Å². The molecule has 0 saturated heterocycles. The molecule has 1 rings (SSSR count). The third-order valence-electron chi connectivity index (χ3n) is 2.95. The van der Waals surface area contributed by atoms with Crippen molar-refractivity contribution in [1.29, 1.82) is 0 Å². The number of unbranched alkanes of at least 4 members (excludes halogenated alkanes) is 1. The second-order valence-electron chi connectivity index (χ2n) is 4.75. The van der Waals surface area contributed by atoms with Gasteiger partial charge < -0.3 is 20.3 Å². The normalized spacial score (nSPS) is 11.9. The first-order valence-electron chi connectivity index (χ1n) is 6.94. The number of urea groups is 1. The lowest BCUT2D eigenvalue weighted by molar-refractivity contribution is 0.231. The van der Waals surface area contributed by atoms with Gasteiger partial charge in [-0.05, 0) is 32.3 Å². The molecule has 112 valence electrons. The van der Waals surface area contributed by atoms with E-state index in [2.05, 4.69) is 10.6 Å². The topological polar surface area (TPSA) is 83.4 Å². The van der Waals surface area contributed by atoms with E-state index in [1.54, 1.807) is 16.8 Å². The van der Waals surface area contributed by atoms with Crippen LogP contribution in [-0.2, 0) is 6.54 Å². The zero-order chi connectivity index (χ0) is 14.8. The van der Waals surface area contributed by atoms with Crippen molar-refractivity contribution >= 4 is 6.03 Å². The van der Waals surface area contributed by atoms with E-state index in [0.717, 1.165) is 12.8 Å². The van der Waals surface area contributed by atoms with Crippen molar-refractivity contribution in [2.45, 2.75) is 38.8 Å². The maximum atomic E-state index is 11.5. The highest BCUT2D eigenvalue weighted by atomic mass is 16.3. The number of aliphatic hydroxyl groups is 1. The van der Waals surface area contributed by atoms with Crippen molar-refractivity contribution in [1.82, 2.24) is 15.2 Å². The number of carbonyl (C=O) groups is 1. The van der Waals surface area contributed by atoms with Crippen molar-refractivity contribution < 1.29 is 9.90 Å². The van der Waals surface area contributed by atoms with Crippen LogP contribution in [0.2, 0.25) is 0 Å². The van der Waals surface area contributed by atoms with Crippen molar-refractivity contribution in [2.75, 3.05) is 13.2 Å². The largest absolute Gasteiger partial charge is 0.396 e. The Morgan fingerprint density at radius 1 is 1.40 bits per heavy atom. The molecule has 0 spiro atoms. The van der Waals surface area contributed by atoms with Crippen molar-refractivity contribution in [3.05, 3.63) is 34.7 Å². The van der Waals surface area contributed by atoms with Crippen molar-refractivity contribution in [3.63, 3.8) is 0 Å². The third kappa shape index (κ3) is 6.38. The molecule has 6 heteroatoms. The number of aryl methyl sites for hydroxylation is 1. The second-order valence-corrected chi connectivity index (χ2v) is 4.75. The molecule has 0 aliphatic heterocycles. The van der Waals surface area contributed by atoms with Crippen LogP contribution in [0.3, 0.4) is 0 Å². The van der Waals surface area contributed by atoms with E-state index in [-0.39, 0.29) is 24.2 Å². The number of aliphatic hydroxyl groups excluding tert-OH is 1. The number of hydrogen-bond donors (Lipinski definition) is 3. The SMILES string of the molecule is C[C@H](CCO)NC(=O)NCCCCn1ccccc1=O. The molecular formula is C14H23N3O3. The number of hydrogen-bond acceptors (Lipinski definition) is 3. The molecule has 3 N–H and O–H groups in total. The molecule has 0 unspecified atom stereocenters. The van der Waals surface area contributed by atoms with Crippen LogP contribution in [0.4, 0.5) is 4.79 Å². The van der Waals surface area contributed by atoms with Gasteiger partial charge in [-0.3, -0.25) is 4.79 Å². The lowest BCUT2D eigenvalue weighted by Gasteiger charge is -2.13. The molecule has 0 aliphatic rings. The van der Waals surface area contributed by atoms with Gasteiger partial charge >= 0.3 is 6.03 Å². The molecule has 0 saturated carbocycles. The lowest BCUT2D eigenvalue weighted by Crippen LogP contribution is -2.41. The summed E-state index contributed by atoms with van der Waals surface area (Å²) in [5, 5.41) is 14.2. The minimum atomic E-state index is -0.220. The number of rotatable bonds is 8. The van der Waals surface area contributed by atoms with Crippen LogP contribution >= 0.6 is 0 Å². The summed E-state index contributed by atoms with van der Waals surface area (Å²) in [6.45, 7) is 3.13. The number of nitrogens with one attached hydrogen (secondary N) is 2. The average molecular weight is 281 g/mol. The zero-order valence-corrected chi connectivity index (χ0v) is 11.8. The first-order valence-corrected chi connectivity index (χ1v) is 6.94. The van der Waals surface area contributed by atoms with E-state index in [9.17, 15) is 9.59 Å². The van der Waals surface area contributed by atoms with Crippen LogP contribution in [-0.4, -0.2) is 34.9 Å². The molecule has 1 aromatic heterocycles. The van der Waals surface area contributed by atoms with Crippen LogP contribution < -0.4 is 16.2 Å². The maximum Gasteiger partial charge on any atom is 0.314 e.